The van der Waals surface area contributed by atoms with Gasteiger partial charge in [0.05, 0.1) is 6.04 Å². The molecule has 1 aliphatic rings. The molecule has 1 aliphatic heterocycles. The molecule has 0 saturated carbocycles. The molecule has 0 radical (unpaired) electrons. The van der Waals surface area contributed by atoms with Crippen LogP contribution in [0.25, 0.3) is 0 Å². The summed E-state index contributed by atoms with van der Waals surface area (Å²) < 4.78 is 0. The van der Waals surface area contributed by atoms with Gasteiger partial charge in [0, 0.05) is 28.7 Å². The van der Waals surface area contributed by atoms with Crippen molar-refractivity contribution in [1.82, 2.24) is 0 Å². The van der Waals surface area contributed by atoms with E-state index >= 15 is 0 Å². The largest absolute Gasteiger partial charge is 0.377 e. The third-order valence-electron chi connectivity index (χ3n) is 5.78. The molecule has 0 saturated heterocycles. The van der Waals surface area contributed by atoms with Gasteiger partial charge in [-0.15, -0.1) is 0 Å². The van der Waals surface area contributed by atoms with Crippen LogP contribution in [0.5, 0.6) is 0 Å². The van der Waals surface area contributed by atoms with Crippen LogP contribution in [0.1, 0.15) is 30.0 Å². The Morgan fingerprint density at radius 3 is 1.76 bits per heavy atom. The van der Waals surface area contributed by atoms with Crippen LogP contribution in [0.15, 0.2) is 109 Å². The molecule has 2 unspecified atom stereocenters. The fourth-order valence-electron chi connectivity index (χ4n) is 4.30. The predicted molar refractivity (Wildman–Crippen MR) is 122 cm³/mol. The highest BCUT2D eigenvalue weighted by Gasteiger charge is 2.30. The molecule has 0 aromatic heterocycles. The van der Waals surface area contributed by atoms with Crippen molar-refractivity contribution in [3.8, 4) is 0 Å². The summed E-state index contributed by atoms with van der Waals surface area (Å²) in [5.41, 5.74) is 7.45. The molecule has 1 heterocycles. The standard InChI is InChI=1S/C27H24N2/c1-20-25-19-24(17-18-26(25)28-27(20)21-11-5-2-6-12-21)29(22-13-7-3-8-14-22)23-15-9-4-10-16-23/h2-20,27-28H,1H3. The van der Waals surface area contributed by atoms with Gasteiger partial charge in [0.15, 0.2) is 0 Å². The van der Waals surface area contributed by atoms with Gasteiger partial charge in [0.1, 0.15) is 0 Å². The first-order valence-corrected chi connectivity index (χ1v) is 10.2. The van der Waals surface area contributed by atoms with Crippen molar-refractivity contribution in [3.05, 3.63) is 120 Å². The Kier molecular flexibility index (Phi) is 4.53. The lowest BCUT2D eigenvalue weighted by Crippen LogP contribution is -2.10. The predicted octanol–water partition coefficient (Wildman–Crippen LogP) is 7.43. The molecule has 29 heavy (non-hydrogen) atoms. The van der Waals surface area contributed by atoms with Crippen LogP contribution in [0.3, 0.4) is 0 Å². The Balaban J connectivity index is 1.56. The van der Waals surface area contributed by atoms with Gasteiger partial charge < -0.3 is 10.2 Å². The summed E-state index contributed by atoms with van der Waals surface area (Å²) >= 11 is 0. The van der Waals surface area contributed by atoms with E-state index in [2.05, 4.69) is 126 Å². The van der Waals surface area contributed by atoms with E-state index in [4.69, 9.17) is 0 Å². The van der Waals surface area contributed by atoms with Crippen molar-refractivity contribution < 1.29 is 0 Å². The number of rotatable bonds is 4. The monoisotopic (exact) mass is 376 g/mol. The zero-order valence-corrected chi connectivity index (χ0v) is 16.5. The van der Waals surface area contributed by atoms with Crippen LogP contribution in [0, 0.1) is 0 Å². The van der Waals surface area contributed by atoms with E-state index in [9.17, 15) is 0 Å². The fraction of sp³-hybridized carbons (Fsp3) is 0.111. The molecule has 4 aromatic rings. The highest BCUT2D eigenvalue weighted by atomic mass is 15.1. The van der Waals surface area contributed by atoms with E-state index in [-0.39, 0.29) is 0 Å². The maximum Gasteiger partial charge on any atom is 0.0580 e. The lowest BCUT2D eigenvalue weighted by molar-refractivity contribution is 0.676. The average molecular weight is 377 g/mol. The second-order valence-electron chi connectivity index (χ2n) is 7.60. The minimum absolute atomic E-state index is 0.309. The van der Waals surface area contributed by atoms with Crippen LogP contribution < -0.4 is 10.2 Å². The maximum atomic E-state index is 3.73. The van der Waals surface area contributed by atoms with Gasteiger partial charge in [-0.1, -0.05) is 73.7 Å². The number of anilines is 4. The third kappa shape index (κ3) is 3.27. The number of fused-ring (bicyclic) bond motifs is 1. The Morgan fingerprint density at radius 1 is 0.621 bits per heavy atom. The van der Waals surface area contributed by atoms with E-state index in [0.29, 0.717) is 12.0 Å². The van der Waals surface area contributed by atoms with Gasteiger partial charge in [-0.3, -0.25) is 0 Å². The Morgan fingerprint density at radius 2 is 1.17 bits per heavy atom. The summed E-state index contributed by atoms with van der Waals surface area (Å²) in [5, 5.41) is 3.73. The van der Waals surface area contributed by atoms with Gasteiger partial charge in [-0.05, 0) is 53.6 Å². The van der Waals surface area contributed by atoms with E-state index < -0.39 is 0 Å². The minimum atomic E-state index is 0.309. The summed E-state index contributed by atoms with van der Waals surface area (Å²) in [5.74, 6) is 0.403. The normalized spacial score (nSPS) is 17.4. The molecular formula is C27H24N2. The summed E-state index contributed by atoms with van der Waals surface area (Å²) in [4.78, 5) is 2.32. The molecule has 1 N–H and O–H groups in total. The number of hydrogen-bond acceptors (Lipinski definition) is 2. The molecule has 0 fully saturated rings. The quantitative estimate of drug-likeness (QED) is 0.398. The SMILES string of the molecule is CC1c2cc(N(c3ccccc3)c3ccccc3)ccc2NC1c1ccccc1. The molecule has 142 valence electrons. The van der Waals surface area contributed by atoms with Gasteiger partial charge >= 0.3 is 0 Å². The molecule has 5 rings (SSSR count). The third-order valence-corrected chi connectivity index (χ3v) is 5.78. The fourth-order valence-corrected chi connectivity index (χ4v) is 4.30. The van der Waals surface area contributed by atoms with E-state index in [1.807, 2.05) is 0 Å². The minimum Gasteiger partial charge on any atom is -0.377 e. The highest BCUT2D eigenvalue weighted by molar-refractivity contribution is 5.79. The molecule has 0 spiro atoms. The van der Waals surface area contributed by atoms with Crippen LogP contribution in [0.2, 0.25) is 0 Å². The molecule has 0 aliphatic carbocycles. The van der Waals surface area contributed by atoms with Gasteiger partial charge in [-0.25, -0.2) is 0 Å². The van der Waals surface area contributed by atoms with Crippen LogP contribution in [-0.2, 0) is 0 Å². The smallest absolute Gasteiger partial charge is 0.0580 e. The van der Waals surface area contributed by atoms with Gasteiger partial charge in [0.25, 0.3) is 0 Å². The van der Waals surface area contributed by atoms with Crippen molar-refractivity contribution in [1.29, 1.82) is 0 Å². The van der Waals surface area contributed by atoms with Crippen LogP contribution >= 0.6 is 0 Å². The second-order valence-corrected chi connectivity index (χ2v) is 7.60. The lowest BCUT2D eigenvalue weighted by Gasteiger charge is -2.26. The van der Waals surface area contributed by atoms with E-state index in [0.717, 1.165) is 11.4 Å². The second kappa shape index (κ2) is 7.48. The summed E-state index contributed by atoms with van der Waals surface area (Å²) in [6, 6.07) is 39.0. The topological polar surface area (TPSA) is 15.3 Å². The molecule has 4 aromatic carbocycles. The van der Waals surface area contributed by atoms with Crippen molar-refractivity contribution in [2.75, 3.05) is 10.2 Å². The van der Waals surface area contributed by atoms with Crippen molar-refractivity contribution in [2.45, 2.75) is 18.9 Å². The summed E-state index contributed by atoms with van der Waals surface area (Å²) in [7, 11) is 0. The zero-order chi connectivity index (χ0) is 19.6. The van der Waals surface area contributed by atoms with Gasteiger partial charge in [0.2, 0.25) is 0 Å². The lowest BCUT2D eigenvalue weighted by atomic mass is 9.92. The molecule has 0 bridgehead atoms. The Bertz CT molecular complexity index is 1050. The van der Waals surface area contributed by atoms with E-state index in [1.54, 1.807) is 0 Å². The van der Waals surface area contributed by atoms with Crippen molar-refractivity contribution >= 4 is 22.7 Å². The van der Waals surface area contributed by atoms with Crippen molar-refractivity contribution in [3.63, 3.8) is 0 Å². The Hall–Kier alpha value is -3.52. The number of para-hydroxylation sites is 2. The number of benzene rings is 4. The van der Waals surface area contributed by atoms with Crippen LogP contribution in [-0.4, -0.2) is 0 Å². The first-order valence-electron chi connectivity index (χ1n) is 10.2. The maximum absolute atomic E-state index is 3.73. The molecule has 0 amide bonds. The van der Waals surface area contributed by atoms with Crippen molar-refractivity contribution in [2.24, 2.45) is 0 Å². The zero-order valence-electron chi connectivity index (χ0n) is 16.5. The average Bonchev–Trinajstić information content (AvgIpc) is 3.12. The summed E-state index contributed by atoms with van der Waals surface area (Å²) in [6.45, 7) is 2.32. The van der Waals surface area contributed by atoms with E-state index in [1.165, 1.54) is 22.5 Å². The van der Waals surface area contributed by atoms with Crippen LogP contribution in [0.4, 0.5) is 22.7 Å². The molecule has 2 nitrogen and oxygen atoms in total. The highest BCUT2D eigenvalue weighted by Crippen LogP contribution is 2.46. The summed E-state index contributed by atoms with van der Waals surface area (Å²) in [6.07, 6.45) is 0. The number of nitrogens with zero attached hydrogens (tertiary/aromatic N) is 1. The number of nitrogens with one attached hydrogen (secondary N) is 1. The first kappa shape index (κ1) is 17.6. The molecular weight excluding hydrogens is 352 g/mol. The number of hydrogen-bond donors (Lipinski definition) is 1. The Labute approximate surface area is 172 Å². The van der Waals surface area contributed by atoms with Gasteiger partial charge in [-0.2, -0.15) is 0 Å². The first-order chi connectivity index (χ1) is 14.3. The molecule has 2 atom stereocenters. The molecule has 2 heteroatoms.